The molecule has 0 aliphatic rings. The maximum Gasteiger partial charge on any atom is 0.259 e. The van der Waals surface area contributed by atoms with Gasteiger partial charge in [0.15, 0.2) is 5.82 Å². The maximum absolute atomic E-state index is 13.8. The molecule has 0 saturated carbocycles. The molecule has 1 aromatic carbocycles. The first-order valence-corrected chi connectivity index (χ1v) is 7.29. The maximum atomic E-state index is 13.8. The topological polar surface area (TPSA) is 46.3 Å². The van der Waals surface area contributed by atoms with Gasteiger partial charge in [-0.1, -0.05) is 0 Å². The molecule has 7 heteroatoms. The van der Waals surface area contributed by atoms with Crippen LogP contribution in [-0.2, 0) is 6.54 Å². The summed E-state index contributed by atoms with van der Waals surface area (Å²) in [6.45, 7) is 0.267. The van der Waals surface area contributed by atoms with E-state index in [0.717, 1.165) is 21.5 Å². The van der Waals surface area contributed by atoms with Gasteiger partial charge in [-0.3, -0.25) is 4.79 Å². The molecule has 0 aliphatic heterocycles. The van der Waals surface area contributed by atoms with Crippen molar-refractivity contribution < 1.29 is 13.6 Å². The van der Waals surface area contributed by atoms with E-state index in [0.29, 0.717) is 0 Å². The van der Waals surface area contributed by atoms with Crippen LogP contribution in [0.4, 0.5) is 14.5 Å². The van der Waals surface area contributed by atoms with Crippen LogP contribution in [-0.4, -0.2) is 17.9 Å². The fraction of sp³-hybridized carbons (Fsp3) is 0.154. The van der Waals surface area contributed by atoms with Crippen LogP contribution in [0, 0.1) is 11.6 Å². The first-order chi connectivity index (χ1) is 9.40. The minimum absolute atomic E-state index is 0.248. The van der Waals surface area contributed by atoms with Gasteiger partial charge in [-0.15, -0.1) is 11.3 Å². The van der Waals surface area contributed by atoms with Crippen molar-refractivity contribution in [1.29, 1.82) is 0 Å². The summed E-state index contributed by atoms with van der Waals surface area (Å²) >= 11 is 4.76. The fourth-order valence-corrected chi connectivity index (χ4v) is 3.20. The molecule has 1 heterocycles. The largest absolute Gasteiger partial charge is 0.396 e. The highest BCUT2D eigenvalue weighted by atomic mass is 79.9. The number of nitrogen functional groups attached to an aromatic ring is 1. The van der Waals surface area contributed by atoms with E-state index in [1.807, 2.05) is 11.4 Å². The van der Waals surface area contributed by atoms with E-state index in [1.165, 1.54) is 23.3 Å². The Kier molecular flexibility index (Phi) is 4.39. The Morgan fingerprint density at radius 3 is 2.75 bits per heavy atom. The predicted molar refractivity (Wildman–Crippen MR) is 78.6 cm³/mol. The summed E-state index contributed by atoms with van der Waals surface area (Å²) in [5, 5.41) is 1.87. The molecule has 0 radical (unpaired) electrons. The van der Waals surface area contributed by atoms with E-state index in [-0.39, 0.29) is 12.2 Å². The average Bonchev–Trinajstić information content (AvgIpc) is 2.79. The number of nitrogens with zero attached hydrogens (tertiary/aromatic N) is 1. The lowest BCUT2D eigenvalue weighted by molar-refractivity contribution is 0.0777. The number of nitrogens with two attached hydrogens (primary N) is 1. The number of halogens is 3. The molecule has 3 nitrogen and oxygen atoms in total. The van der Waals surface area contributed by atoms with Gasteiger partial charge in [0, 0.05) is 21.8 Å². The molecule has 0 aliphatic carbocycles. The highest BCUT2D eigenvalue weighted by Gasteiger charge is 2.23. The second-order valence-corrected chi connectivity index (χ2v) is 6.13. The number of amides is 1. The highest BCUT2D eigenvalue weighted by molar-refractivity contribution is 9.10. The minimum Gasteiger partial charge on any atom is -0.396 e. The second kappa shape index (κ2) is 5.88. The molecular weight excluding hydrogens is 350 g/mol. The van der Waals surface area contributed by atoms with Crippen LogP contribution in [0.1, 0.15) is 15.2 Å². The number of hydrogen-bond donors (Lipinski definition) is 1. The number of anilines is 1. The van der Waals surface area contributed by atoms with E-state index in [1.54, 1.807) is 0 Å². The normalized spacial score (nSPS) is 10.6. The smallest absolute Gasteiger partial charge is 0.259 e. The number of carbonyl (C=O) groups excluding carboxylic acids is 1. The molecule has 0 spiro atoms. The van der Waals surface area contributed by atoms with Gasteiger partial charge >= 0.3 is 0 Å². The number of benzene rings is 1. The molecular formula is C13H11BrF2N2OS. The fourth-order valence-electron chi connectivity index (χ4n) is 1.70. The van der Waals surface area contributed by atoms with Crippen molar-refractivity contribution in [2.75, 3.05) is 12.8 Å². The van der Waals surface area contributed by atoms with Crippen molar-refractivity contribution in [2.24, 2.45) is 0 Å². The van der Waals surface area contributed by atoms with E-state index in [9.17, 15) is 13.6 Å². The zero-order chi connectivity index (χ0) is 14.9. The summed E-state index contributed by atoms with van der Waals surface area (Å²) in [6.07, 6.45) is 0. The Morgan fingerprint density at radius 1 is 1.45 bits per heavy atom. The van der Waals surface area contributed by atoms with Gasteiger partial charge < -0.3 is 10.6 Å². The van der Waals surface area contributed by atoms with Crippen LogP contribution in [0.25, 0.3) is 0 Å². The Bertz CT molecular complexity index is 660. The Hall–Kier alpha value is -1.47. The first-order valence-electron chi connectivity index (χ1n) is 5.62. The molecule has 2 aromatic rings. The summed E-state index contributed by atoms with van der Waals surface area (Å²) in [5.41, 5.74) is 4.50. The molecule has 2 N–H and O–H groups in total. The third-order valence-electron chi connectivity index (χ3n) is 2.70. The van der Waals surface area contributed by atoms with Gasteiger partial charge in [0.1, 0.15) is 11.4 Å². The Labute approximate surface area is 127 Å². The summed E-state index contributed by atoms with van der Waals surface area (Å²) in [7, 11) is 1.48. The van der Waals surface area contributed by atoms with E-state index in [2.05, 4.69) is 15.9 Å². The molecule has 0 bridgehead atoms. The monoisotopic (exact) mass is 360 g/mol. The number of rotatable bonds is 3. The van der Waals surface area contributed by atoms with Gasteiger partial charge in [0.2, 0.25) is 0 Å². The van der Waals surface area contributed by atoms with Crippen molar-refractivity contribution in [2.45, 2.75) is 6.54 Å². The lowest BCUT2D eigenvalue weighted by Gasteiger charge is -2.17. The molecule has 0 unspecified atom stereocenters. The van der Waals surface area contributed by atoms with Crippen molar-refractivity contribution >= 4 is 38.9 Å². The summed E-state index contributed by atoms with van der Waals surface area (Å²) in [6, 6.07) is 3.93. The zero-order valence-electron chi connectivity index (χ0n) is 10.5. The molecule has 0 atom stereocenters. The van der Waals surface area contributed by atoms with Crippen molar-refractivity contribution in [3.05, 3.63) is 50.1 Å². The molecule has 0 fully saturated rings. The third-order valence-corrected chi connectivity index (χ3v) is 4.38. The van der Waals surface area contributed by atoms with Crippen LogP contribution in [0.15, 0.2) is 28.1 Å². The Morgan fingerprint density at radius 2 is 2.15 bits per heavy atom. The van der Waals surface area contributed by atoms with Gasteiger partial charge in [-0.25, -0.2) is 8.78 Å². The van der Waals surface area contributed by atoms with E-state index < -0.39 is 23.1 Å². The first kappa shape index (κ1) is 14.9. The lowest BCUT2D eigenvalue weighted by atomic mass is 10.1. The predicted octanol–water partition coefficient (Wildman–Crippen LogP) is 3.64. The van der Waals surface area contributed by atoms with Crippen molar-refractivity contribution in [3.8, 4) is 0 Å². The van der Waals surface area contributed by atoms with Crippen LogP contribution in [0.3, 0.4) is 0 Å². The highest BCUT2D eigenvalue weighted by Crippen LogP contribution is 2.23. The third kappa shape index (κ3) is 2.99. The van der Waals surface area contributed by atoms with E-state index >= 15 is 0 Å². The minimum atomic E-state index is -1.02. The lowest BCUT2D eigenvalue weighted by Crippen LogP contribution is -2.28. The van der Waals surface area contributed by atoms with Crippen LogP contribution >= 0.6 is 27.3 Å². The summed E-state index contributed by atoms with van der Waals surface area (Å²) in [5.74, 6) is -2.67. The standard InChI is InChI=1S/C13H11BrF2N2OS/c1-18(5-8-4-7(14)6-20-8)13(19)11-9(15)2-3-10(17)12(11)16/h2-4,6H,5,17H2,1H3. The number of thiophene rings is 1. The molecule has 0 saturated heterocycles. The molecule has 1 aromatic heterocycles. The quantitative estimate of drug-likeness (QED) is 0.849. The zero-order valence-corrected chi connectivity index (χ0v) is 12.9. The van der Waals surface area contributed by atoms with Gasteiger partial charge in [-0.2, -0.15) is 0 Å². The van der Waals surface area contributed by atoms with Crippen LogP contribution < -0.4 is 5.73 Å². The van der Waals surface area contributed by atoms with Crippen LogP contribution in [0.5, 0.6) is 0 Å². The summed E-state index contributed by atoms with van der Waals surface area (Å²) < 4.78 is 28.3. The number of carbonyl (C=O) groups is 1. The molecule has 20 heavy (non-hydrogen) atoms. The van der Waals surface area contributed by atoms with Gasteiger partial charge in [0.25, 0.3) is 5.91 Å². The molecule has 2 rings (SSSR count). The van der Waals surface area contributed by atoms with Gasteiger partial charge in [-0.05, 0) is 34.1 Å². The molecule has 1 amide bonds. The average molecular weight is 361 g/mol. The number of hydrogen-bond acceptors (Lipinski definition) is 3. The van der Waals surface area contributed by atoms with Crippen LogP contribution in [0.2, 0.25) is 0 Å². The van der Waals surface area contributed by atoms with Crippen molar-refractivity contribution in [3.63, 3.8) is 0 Å². The summed E-state index contributed by atoms with van der Waals surface area (Å²) in [4.78, 5) is 14.3. The SMILES string of the molecule is CN(Cc1cc(Br)cs1)C(=O)c1c(F)ccc(N)c1F. The van der Waals surface area contributed by atoms with E-state index in [4.69, 9.17) is 5.73 Å². The molecule has 106 valence electrons. The Balaban J connectivity index is 2.25. The van der Waals surface area contributed by atoms with Crippen molar-refractivity contribution in [1.82, 2.24) is 4.90 Å². The second-order valence-electron chi connectivity index (χ2n) is 4.22. The van der Waals surface area contributed by atoms with Gasteiger partial charge in [0.05, 0.1) is 12.2 Å².